The molecule has 3 N–H and O–H groups in total. The summed E-state index contributed by atoms with van der Waals surface area (Å²) in [7, 11) is 0. The van der Waals surface area contributed by atoms with Crippen molar-refractivity contribution in [1.29, 1.82) is 0 Å². The molecule has 108 valence electrons. The number of nitrogen functional groups attached to an aromatic ring is 1. The topological polar surface area (TPSA) is 59.6 Å². The fraction of sp³-hybridized carbons (Fsp3) is 0.0714. The molecule has 1 heterocycles. The van der Waals surface area contributed by atoms with E-state index in [4.69, 9.17) is 10.5 Å². The zero-order chi connectivity index (χ0) is 15.0. The van der Waals surface area contributed by atoms with Crippen molar-refractivity contribution in [2.75, 3.05) is 17.7 Å². The third-order valence-corrected chi connectivity index (χ3v) is 2.92. The zero-order valence-corrected chi connectivity index (χ0v) is 10.7. The minimum absolute atomic E-state index is 0.0366. The van der Waals surface area contributed by atoms with Gasteiger partial charge in [0.25, 0.3) is 0 Å². The molecule has 3 rings (SSSR count). The highest BCUT2D eigenvalue weighted by atomic mass is 19.2. The fourth-order valence-corrected chi connectivity index (χ4v) is 1.91. The zero-order valence-electron chi connectivity index (χ0n) is 10.7. The van der Waals surface area contributed by atoms with Crippen LogP contribution in [0.15, 0.2) is 35.3 Å². The molecule has 7 heteroatoms. The molecule has 1 aliphatic heterocycles. The number of benzene rings is 2. The van der Waals surface area contributed by atoms with Gasteiger partial charge in [-0.05, 0) is 24.3 Å². The number of hydrogen-bond acceptors (Lipinski definition) is 3. The maximum absolute atomic E-state index is 13.6. The van der Waals surface area contributed by atoms with Gasteiger partial charge in [0.1, 0.15) is 23.9 Å². The summed E-state index contributed by atoms with van der Waals surface area (Å²) in [5.74, 6) is -3.34. The first-order chi connectivity index (χ1) is 10.0. The Balaban J connectivity index is 1.92. The van der Waals surface area contributed by atoms with E-state index >= 15 is 0 Å². The highest BCUT2D eigenvalue weighted by Crippen LogP contribution is 2.30. The van der Waals surface area contributed by atoms with Crippen LogP contribution in [0.1, 0.15) is 0 Å². The Morgan fingerprint density at radius 3 is 2.71 bits per heavy atom. The van der Waals surface area contributed by atoms with E-state index in [9.17, 15) is 13.2 Å². The molecule has 1 aliphatic rings. The quantitative estimate of drug-likeness (QED) is 0.627. The number of aliphatic imine (C=N–C) groups is 1. The molecule has 0 fully saturated rings. The summed E-state index contributed by atoms with van der Waals surface area (Å²) in [4.78, 5) is 3.91. The number of hydrogen-bond donors (Lipinski definition) is 2. The molecular formula is C14H10F3N3O. The van der Waals surface area contributed by atoms with Crippen molar-refractivity contribution in [2.24, 2.45) is 4.99 Å². The van der Waals surface area contributed by atoms with Gasteiger partial charge in [0, 0.05) is 11.8 Å². The van der Waals surface area contributed by atoms with Crippen LogP contribution in [0.25, 0.3) is 0 Å². The second-order valence-electron chi connectivity index (χ2n) is 4.42. The molecule has 0 atom stereocenters. The van der Waals surface area contributed by atoms with Crippen molar-refractivity contribution in [2.45, 2.75) is 0 Å². The van der Waals surface area contributed by atoms with Gasteiger partial charge >= 0.3 is 0 Å². The monoisotopic (exact) mass is 293 g/mol. The highest BCUT2D eigenvalue weighted by Gasteiger charge is 2.17. The van der Waals surface area contributed by atoms with Crippen LogP contribution in [0.2, 0.25) is 0 Å². The normalized spacial score (nSPS) is 15.3. The summed E-state index contributed by atoms with van der Waals surface area (Å²) in [5, 5.41) is 2.92. The number of halogens is 3. The number of nitrogens with zero attached hydrogens (tertiary/aromatic N) is 1. The van der Waals surface area contributed by atoms with Crippen molar-refractivity contribution in [3.8, 4) is 5.75 Å². The molecule has 0 aromatic heterocycles. The first-order valence-corrected chi connectivity index (χ1v) is 6.05. The molecule has 0 spiro atoms. The van der Waals surface area contributed by atoms with E-state index in [1.165, 1.54) is 0 Å². The number of fused-ring (bicyclic) bond motifs is 1. The van der Waals surface area contributed by atoms with Gasteiger partial charge in [-0.25, -0.2) is 18.2 Å². The highest BCUT2D eigenvalue weighted by molar-refractivity contribution is 6.01. The smallest absolute Gasteiger partial charge is 0.196 e. The fourth-order valence-electron chi connectivity index (χ4n) is 1.91. The first-order valence-electron chi connectivity index (χ1n) is 6.05. The molecule has 0 bridgehead atoms. The van der Waals surface area contributed by atoms with E-state index in [1.807, 2.05) is 0 Å². The third-order valence-electron chi connectivity index (χ3n) is 2.92. The number of anilines is 2. The number of nitrogens with two attached hydrogens (primary N) is 1. The van der Waals surface area contributed by atoms with Crippen molar-refractivity contribution in [3.05, 3.63) is 47.8 Å². The van der Waals surface area contributed by atoms with Crippen molar-refractivity contribution in [3.63, 3.8) is 0 Å². The van der Waals surface area contributed by atoms with Gasteiger partial charge < -0.3 is 15.8 Å². The van der Waals surface area contributed by atoms with E-state index in [0.29, 0.717) is 17.1 Å². The lowest BCUT2D eigenvalue weighted by atomic mass is 10.2. The van der Waals surface area contributed by atoms with Crippen molar-refractivity contribution >= 4 is 22.9 Å². The van der Waals surface area contributed by atoms with Gasteiger partial charge in [-0.1, -0.05) is 0 Å². The molecule has 0 radical (unpaired) electrons. The molecule has 0 amide bonds. The number of rotatable bonds is 1. The van der Waals surface area contributed by atoms with E-state index < -0.39 is 17.5 Å². The Morgan fingerprint density at radius 1 is 1.10 bits per heavy atom. The van der Waals surface area contributed by atoms with Crippen LogP contribution >= 0.6 is 0 Å². The van der Waals surface area contributed by atoms with Crippen LogP contribution in [-0.4, -0.2) is 12.4 Å². The Bertz CT molecular complexity index is 746. The molecule has 4 nitrogen and oxygen atoms in total. The Morgan fingerprint density at radius 2 is 1.90 bits per heavy atom. The van der Waals surface area contributed by atoms with Gasteiger partial charge in [0.2, 0.25) is 0 Å². The maximum Gasteiger partial charge on any atom is 0.196 e. The van der Waals surface area contributed by atoms with E-state index in [2.05, 4.69) is 10.3 Å². The van der Waals surface area contributed by atoms with E-state index in [0.717, 1.165) is 12.1 Å². The standard InChI is InChI=1S/C14H10F3N3O/c15-8-2-4-10(14(17)13(8)16)20-12-6-21-11-5-7(18)1-3-9(11)19-12/h1-5H,6,18H2,(H,19,20). The van der Waals surface area contributed by atoms with E-state index in [-0.39, 0.29) is 18.1 Å². The van der Waals surface area contributed by atoms with Crippen LogP contribution in [-0.2, 0) is 0 Å². The predicted molar refractivity (Wildman–Crippen MR) is 73.4 cm³/mol. The molecule has 0 unspecified atom stereocenters. The minimum atomic E-state index is -1.55. The molecule has 0 saturated carbocycles. The number of amidine groups is 1. The Kier molecular flexibility index (Phi) is 3.17. The van der Waals surface area contributed by atoms with Crippen molar-refractivity contribution < 1.29 is 17.9 Å². The second kappa shape index (κ2) is 5.01. The Hall–Kier alpha value is -2.70. The van der Waals surface area contributed by atoms with Crippen LogP contribution in [0.5, 0.6) is 5.75 Å². The molecule has 0 saturated heterocycles. The summed E-state index contributed by atoms with van der Waals surface area (Å²) in [5.41, 5.74) is 6.47. The van der Waals surface area contributed by atoms with Crippen LogP contribution < -0.4 is 15.8 Å². The van der Waals surface area contributed by atoms with Crippen molar-refractivity contribution in [1.82, 2.24) is 0 Å². The summed E-state index contributed by atoms with van der Waals surface area (Å²) < 4.78 is 45.0. The third kappa shape index (κ3) is 2.49. The van der Waals surface area contributed by atoms with Gasteiger partial charge in [-0.2, -0.15) is 0 Å². The van der Waals surface area contributed by atoms with Gasteiger partial charge in [-0.15, -0.1) is 0 Å². The largest absolute Gasteiger partial charge is 0.483 e. The maximum atomic E-state index is 13.6. The van der Waals surface area contributed by atoms with Gasteiger partial charge in [0.05, 0.1) is 5.69 Å². The lowest BCUT2D eigenvalue weighted by Gasteiger charge is -2.21. The minimum Gasteiger partial charge on any atom is -0.483 e. The summed E-state index contributed by atoms with van der Waals surface area (Å²) in [6, 6.07) is 6.85. The summed E-state index contributed by atoms with van der Waals surface area (Å²) in [6.07, 6.45) is 0. The van der Waals surface area contributed by atoms with E-state index in [1.54, 1.807) is 18.2 Å². The number of ether oxygens (including phenoxy) is 1. The van der Waals surface area contributed by atoms with Gasteiger partial charge in [0.15, 0.2) is 17.5 Å². The molecule has 2 aromatic carbocycles. The predicted octanol–water partition coefficient (Wildman–Crippen LogP) is 3.22. The molecule has 21 heavy (non-hydrogen) atoms. The first kappa shape index (κ1) is 13.3. The average Bonchev–Trinajstić information content (AvgIpc) is 2.48. The Labute approximate surface area is 118 Å². The lowest BCUT2D eigenvalue weighted by molar-refractivity contribution is 0.372. The van der Waals surface area contributed by atoms with Crippen LogP contribution in [0.3, 0.4) is 0 Å². The molecule has 0 aliphatic carbocycles. The second-order valence-corrected chi connectivity index (χ2v) is 4.42. The summed E-state index contributed by atoms with van der Waals surface area (Å²) in [6.45, 7) is 0.0366. The number of nitrogens with one attached hydrogen (secondary N) is 1. The SMILES string of the molecule is Nc1ccc2c(c1)OCC(=Nc1ccc(F)c(F)c1F)N2. The lowest BCUT2D eigenvalue weighted by Crippen LogP contribution is -2.25. The summed E-state index contributed by atoms with van der Waals surface area (Å²) >= 11 is 0. The van der Waals surface area contributed by atoms with Crippen LogP contribution in [0.4, 0.5) is 30.2 Å². The average molecular weight is 293 g/mol. The molecular weight excluding hydrogens is 283 g/mol. The molecule has 2 aromatic rings. The van der Waals surface area contributed by atoms with Gasteiger partial charge in [-0.3, -0.25) is 0 Å². The van der Waals surface area contributed by atoms with Crippen LogP contribution in [0, 0.1) is 17.5 Å².